The van der Waals surface area contributed by atoms with E-state index in [9.17, 15) is 0 Å². The van der Waals surface area contributed by atoms with Crippen LogP contribution in [-0.4, -0.2) is 50.4 Å². The molecule has 158 valence electrons. The molecule has 1 saturated heterocycles. The Morgan fingerprint density at radius 3 is 2.48 bits per heavy atom. The van der Waals surface area contributed by atoms with Crippen molar-refractivity contribution in [1.29, 1.82) is 0 Å². The number of imidazole rings is 1. The summed E-state index contributed by atoms with van der Waals surface area (Å²) in [6, 6.07) is 11.1. The van der Waals surface area contributed by atoms with E-state index in [-0.39, 0.29) is 0 Å². The zero-order valence-corrected chi connectivity index (χ0v) is 18.3. The van der Waals surface area contributed by atoms with Gasteiger partial charge in [0.1, 0.15) is 5.65 Å². The molecule has 0 saturated carbocycles. The third-order valence-electron chi connectivity index (χ3n) is 5.51. The monoisotopic (exact) mass is 453 g/mol. The van der Waals surface area contributed by atoms with Gasteiger partial charge < -0.3 is 15.0 Å². The summed E-state index contributed by atoms with van der Waals surface area (Å²) in [6.45, 7) is 4.23. The zero-order valence-electron chi connectivity index (χ0n) is 16.7. The van der Waals surface area contributed by atoms with Gasteiger partial charge in [-0.15, -0.1) is 0 Å². The number of piperazine rings is 1. The van der Waals surface area contributed by atoms with Gasteiger partial charge in [-0.1, -0.05) is 23.2 Å². The molecule has 7 nitrogen and oxygen atoms in total. The smallest absolute Gasteiger partial charge is 0.225 e. The number of hydrogen-bond donors (Lipinski definition) is 1. The van der Waals surface area contributed by atoms with Crippen LogP contribution in [0.1, 0.15) is 5.69 Å². The fourth-order valence-electron chi connectivity index (χ4n) is 3.93. The minimum atomic E-state index is 0.580. The Bertz CT molecular complexity index is 1220. The number of anilines is 2. The molecule has 0 atom stereocenters. The predicted molar refractivity (Wildman–Crippen MR) is 125 cm³/mol. The van der Waals surface area contributed by atoms with Gasteiger partial charge in [-0.3, -0.25) is 4.90 Å². The molecule has 4 aromatic rings. The summed E-state index contributed by atoms with van der Waals surface area (Å²) in [5.74, 6) is 0.776. The lowest BCUT2D eigenvalue weighted by atomic mass is 10.1. The summed E-state index contributed by atoms with van der Waals surface area (Å²) >= 11 is 12.6. The third kappa shape index (κ3) is 4.04. The Labute approximate surface area is 190 Å². The first kappa shape index (κ1) is 20.1. The second kappa shape index (κ2) is 8.34. The maximum absolute atomic E-state index is 6.53. The average molecular weight is 454 g/mol. The molecule has 0 spiro atoms. The van der Waals surface area contributed by atoms with E-state index in [2.05, 4.69) is 24.2 Å². The van der Waals surface area contributed by atoms with Crippen LogP contribution in [0.2, 0.25) is 10.0 Å². The second-order valence-corrected chi connectivity index (χ2v) is 8.38. The summed E-state index contributed by atoms with van der Waals surface area (Å²) in [5, 5.41) is 1.18. The summed E-state index contributed by atoms with van der Waals surface area (Å²) < 4.78 is 2.06. The SMILES string of the molecule is Nc1ccc2nc(-c3ccc(Cl)cc3Cl)c(CN3CCN(c4ncccn4)CC3)n2c1. The van der Waals surface area contributed by atoms with Gasteiger partial charge in [0.15, 0.2) is 0 Å². The molecule has 3 aromatic heterocycles. The second-order valence-electron chi connectivity index (χ2n) is 7.53. The minimum absolute atomic E-state index is 0.580. The molecule has 2 N–H and O–H groups in total. The molecule has 1 aliphatic rings. The number of nitrogens with two attached hydrogens (primary N) is 1. The predicted octanol–water partition coefficient (Wildman–Crippen LogP) is 4.00. The first-order valence-electron chi connectivity index (χ1n) is 10.0. The van der Waals surface area contributed by atoms with Crippen LogP contribution in [0.25, 0.3) is 16.9 Å². The van der Waals surface area contributed by atoms with Gasteiger partial charge in [0.05, 0.1) is 16.4 Å². The zero-order chi connectivity index (χ0) is 21.4. The summed E-state index contributed by atoms with van der Waals surface area (Å²) in [5.41, 5.74) is 10.4. The largest absolute Gasteiger partial charge is 0.398 e. The van der Waals surface area contributed by atoms with Crippen LogP contribution in [0.5, 0.6) is 0 Å². The van der Waals surface area contributed by atoms with Crippen LogP contribution < -0.4 is 10.6 Å². The molecule has 0 radical (unpaired) electrons. The van der Waals surface area contributed by atoms with E-state index in [1.165, 1.54) is 0 Å². The van der Waals surface area contributed by atoms with E-state index >= 15 is 0 Å². The molecule has 0 bridgehead atoms. The fraction of sp³-hybridized carbons (Fsp3) is 0.227. The highest BCUT2D eigenvalue weighted by atomic mass is 35.5. The average Bonchev–Trinajstić information content (AvgIpc) is 3.12. The van der Waals surface area contributed by atoms with Crippen LogP contribution in [0.3, 0.4) is 0 Å². The molecule has 5 rings (SSSR count). The molecular weight excluding hydrogens is 433 g/mol. The lowest BCUT2D eigenvalue weighted by Gasteiger charge is -2.34. The molecule has 1 fully saturated rings. The molecule has 0 amide bonds. The van der Waals surface area contributed by atoms with Gasteiger partial charge >= 0.3 is 0 Å². The van der Waals surface area contributed by atoms with Crippen molar-refractivity contribution in [3.8, 4) is 11.3 Å². The van der Waals surface area contributed by atoms with Crippen molar-refractivity contribution in [3.63, 3.8) is 0 Å². The Morgan fingerprint density at radius 1 is 0.968 bits per heavy atom. The molecule has 0 unspecified atom stereocenters. The molecule has 4 heterocycles. The van der Waals surface area contributed by atoms with Gasteiger partial charge in [0.2, 0.25) is 5.95 Å². The highest BCUT2D eigenvalue weighted by Crippen LogP contribution is 2.33. The maximum Gasteiger partial charge on any atom is 0.225 e. The first-order chi connectivity index (χ1) is 15.1. The van der Waals surface area contributed by atoms with Crippen molar-refractivity contribution in [1.82, 2.24) is 24.3 Å². The summed E-state index contributed by atoms with van der Waals surface area (Å²) in [4.78, 5) is 18.2. The maximum atomic E-state index is 6.53. The first-order valence-corrected chi connectivity index (χ1v) is 10.8. The number of nitrogen functional groups attached to an aromatic ring is 1. The van der Waals surface area contributed by atoms with Crippen molar-refractivity contribution in [2.75, 3.05) is 36.8 Å². The minimum Gasteiger partial charge on any atom is -0.398 e. The number of hydrogen-bond acceptors (Lipinski definition) is 6. The number of halogens is 2. The van der Waals surface area contributed by atoms with Gasteiger partial charge in [0, 0.05) is 67.6 Å². The number of fused-ring (bicyclic) bond motifs is 1. The molecule has 1 aromatic carbocycles. The molecule has 0 aliphatic carbocycles. The van der Waals surface area contributed by atoms with Crippen molar-refractivity contribution >= 4 is 40.5 Å². The molecular formula is C22H21Cl2N7. The van der Waals surface area contributed by atoms with Crippen molar-refractivity contribution in [2.45, 2.75) is 6.54 Å². The van der Waals surface area contributed by atoms with E-state index in [4.69, 9.17) is 33.9 Å². The van der Waals surface area contributed by atoms with E-state index in [0.29, 0.717) is 15.7 Å². The van der Waals surface area contributed by atoms with Gasteiger partial charge in [0.25, 0.3) is 0 Å². The quantitative estimate of drug-likeness (QED) is 0.503. The number of aromatic nitrogens is 4. The Kier molecular flexibility index (Phi) is 5.40. The standard InChI is InChI=1S/C22H21Cl2N7/c23-15-2-4-17(18(24)12-15)21-19(31-13-16(25)3-5-20(31)28-21)14-29-8-10-30(11-9-29)22-26-6-1-7-27-22/h1-7,12-13H,8-11,14,25H2. The lowest BCUT2D eigenvalue weighted by molar-refractivity contribution is 0.246. The van der Waals surface area contributed by atoms with Gasteiger partial charge in [-0.05, 0) is 36.4 Å². The molecule has 31 heavy (non-hydrogen) atoms. The van der Waals surface area contributed by atoms with Gasteiger partial charge in [-0.2, -0.15) is 0 Å². The van der Waals surface area contributed by atoms with Crippen LogP contribution in [-0.2, 0) is 6.54 Å². The third-order valence-corrected chi connectivity index (χ3v) is 6.06. The van der Waals surface area contributed by atoms with E-state index < -0.39 is 0 Å². The number of pyridine rings is 1. The van der Waals surface area contributed by atoms with Crippen LogP contribution >= 0.6 is 23.2 Å². The Hall–Kier alpha value is -2.87. The van der Waals surface area contributed by atoms with E-state index in [0.717, 1.165) is 61.3 Å². The fourth-order valence-corrected chi connectivity index (χ4v) is 4.43. The molecule has 9 heteroatoms. The molecule has 1 aliphatic heterocycles. The van der Waals surface area contributed by atoms with Gasteiger partial charge in [-0.25, -0.2) is 15.0 Å². The number of nitrogens with zero attached hydrogens (tertiary/aromatic N) is 6. The number of rotatable bonds is 4. The number of benzene rings is 1. The van der Waals surface area contributed by atoms with Crippen molar-refractivity contribution in [2.24, 2.45) is 0 Å². The van der Waals surface area contributed by atoms with E-state index in [1.54, 1.807) is 18.5 Å². The highest BCUT2D eigenvalue weighted by molar-refractivity contribution is 6.36. The van der Waals surface area contributed by atoms with Crippen LogP contribution in [0.4, 0.5) is 11.6 Å². The van der Waals surface area contributed by atoms with Crippen LogP contribution in [0.15, 0.2) is 55.0 Å². The van der Waals surface area contributed by atoms with Crippen molar-refractivity contribution < 1.29 is 0 Å². The van der Waals surface area contributed by atoms with Crippen LogP contribution in [0, 0.1) is 0 Å². The lowest BCUT2D eigenvalue weighted by Crippen LogP contribution is -2.46. The van der Waals surface area contributed by atoms with E-state index in [1.807, 2.05) is 36.5 Å². The normalized spacial score (nSPS) is 15.0. The Morgan fingerprint density at radius 2 is 1.74 bits per heavy atom. The summed E-state index contributed by atoms with van der Waals surface area (Å²) in [7, 11) is 0. The summed E-state index contributed by atoms with van der Waals surface area (Å²) in [6.07, 6.45) is 5.47. The highest BCUT2D eigenvalue weighted by Gasteiger charge is 2.23. The van der Waals surface area contributed by atoms with Crippen molar-refractivity contribution in [3.05, 3.63) is 70.7 Å². The Balaban J connectivity index is 1.46. The topological polar surface area (TPSA) is 75.6 Å².